The third kappa shape index (κ3) is 5.11. The van der Waals surface area contributed by atoms with Crippen molar-refractivity contribution in [2.45, 2.75) is 6.18 Å². The first-order valence-corrected chi connectivity index (χ1v) is 7.11. The normalized spacial score (nSPS) is 10.5. The number of alkyl halides is 3. The molecule has 2 rings (SSSR count). The summed E-state index contributed by atoms with van der Waals surface area (Å²) in [6.07, 6.45) is -4.44. The van der Waals surface area contributed by atoms with Gasteiger partial charge in [0, 0.05) is 16.7 Å². The van der Waals surface area contributed by atoms with E-state index in [1.54, 1.807) is 12.1 Å². The molecule has 0 saturated heterocycles. The number of nitrogens with one attached hydrogen (secondary N) is 1. The van der Waals surface area contributed by atoms with Crippen molar-refractivity contribution in [3.8, 4) is 11.8 Å². The highest BCUT2D eigenvalue weighted by Gasteiger charge is 2.30. The maximum absolute atomic E-state index is 12.5. The van der Waals surface area contributed by atoms with E-state index >= 15 is 0 Å². The second kappa shape index (κ2) is 7.53. The topological polar surface area (TPSA) is 72.2 Å². The standard InChI is InChI=1S/C18H13F3N2O2/c19-18(20,21)15-9-7-14(8-10-15)17(25)23-11-1-2-12-3-5-13(6-4-12)16(22)24/h3-10H,11H2,(H2,22,24)(H,23,25). The molecule has 0 unspecified atom stereocenters. The van der Waals surface area contributed by atoms with Crippen molar-refractivity contribution in [3.05, 3.63) is 70.8 Å². The van der Waals surface area contributed by atoms with Crippen LogP contribution in [0.2, 0.25) is 0 Å². The molecule has 2 amide bonds. The van der Waals surface area contributed by atoms with E-state index < -0.39 is 23.6 Å². The molecule has 0 aliphatic heterocycles. The molecule has 0 aliphatic rings. The fourth-order valence-corrected chi connectivity index (χ4v) is 1.90. The number of halogens is 3. The summed E-state index contributed by atoms with van der Waals surface area (Å²) in [5.74, 6) is 4.43. The summed E-state index contributed by atoms with van der Waals surface area (Å²) in [4.78, 5) is 22.8. The van der Waals surface area contributed by atoms with Gasteiger partial charge in [0.25, 0.3) is 5.91 Å². The lowest BCUT2D eigenvalue weighted by molar-refractivity contribution is -0.137. The van der Waals surface area contributed by atoms with Crippen molar-refractivity contribution in [1.29, 1.82) is 0 Å². The van der Waals surface area contributed by atoms with Crippen molar-refractivity contribution >= 4 is 11.8 Å². The minimum absolute atomic E-state index is 0.0252. The second-order valence-electron chi connectivity index (χ2n) is 5.00. The van der Waals surface area contributed by atoms with Crippen LogP contribution >= 0.6 is 0 Å². The smallest absolute Gasteiger partial charge is 0.366 e. The molecule has 0 aliphatic carbocycles. The maximum Gasteiger partial charge on any atom is 0.416 e. The van der Waals surface area contributed by atoms with Gasteiger partial charge in [0.1, 0.15) is 0 Å². The fourth-order valence-electron chi connectivity index (χ4n) is 1.90. The molecule has 0 fully saturated rings. The number of primary amides is 1. The number of carbonyl (C=O) groups is 2. The van der Waals surface area contributed by atoms with Crippen molar-refractivity contribution in [1.82, 2.24) is 5.32 Å². The average molecular weight is 346 g/mol. The fraction of sp³-hybridized carbons (Fsp3) is 0.111. The first-order chi connectivity index (χ1) is 11.8. The molecule has 0 atom stereocenters. The number of hydrogen-bond donors (Lipinski definition) is 2. The summed E-state index contributed by atoms with van der Waals surface area (Å²) in [5.41, 5.74) is 5.41. The van der Waals surface area contributed by atoms with Gasteiger partial charge in [-0.25, -0.2) is 0 Å². The lowest BCUT2D eigenvalue weighted by Gasteiger charge is -2.07. The monoisotopic (exact) mass is 346 g/mol. The first-order valence-electron chi connectivity index (χ1n) is 7.11. The Morgan fingerprint density at radius 2 is 1.52 bits per heavy atom. The zero-order valence-electron chi connectivity index (χ0n) is 12.9. The van der Waals surface area contributed by atoms with Crippen LogP contribution in [0.4, 0.5) is 13.2 Å². The first kappa shape index (κ1) is 18.1. The molecule has 2 aromatic carbocycles. The second-order valence-corrected chi connectivity index (χ2v) is 5.00. The Balaban J connectivity index is 1.91. The van der Waals surface area contributed by atoms with E-state index in [9.17, 15) is 22.8 Å². The van der Waals surface area contributed by atoms with Crippen molar-refractivity contribution < 1.29 is 22.8 Å². The van der Waals surface area contributed by atoms with Gasteiger partial charge in [0.2, 0.25) is 5.91 Å². The van der Waals surface area contributed by atoms with Crippen LogP contribution in [-0.2, 0) is 6.18 Å². The van der Waals surface area contributed by atoms with Gasteiger partial charge in [0.15, 0.2) is 0 Å². The van der Waals surface area contributed by atoms with E-state index in [1.807, 2.05) is 0 Å². The molecule has 0 spiro atoms. The number of benzene rings is 2. The highest BCUT2D eigenvalue weighted by atomic mass is 19.4. The lowest BCUT2D eigenvalue weighted by atomic mass is 10.1. The Kier molecular flexibility index (Phi) is 5.45. The molecule has 7 heteroatoms. The van der Waals surface area contributed by atoms with Crippen LogP contribution in [0.15, 0.2) is 48.5 Å². The molecule has 25 heavy (non-hydrogen) atoms. The Labute approximate surface area is 141 Å². The van der Waals surface area contributed by atoms with Crippen LogP contribution in [0.3, 0.4) is 0 Å². The molecule has 2 aromatic rings. The van der Waals surface area contributed by atoms with Crippen LogP contribution < -0.4 is 11.1 Å². The Morgan fingerprint density at radius 1 is 0.960 bits per heavy atom. The van der Waals surface area contributed by atoms with Gasteiger partial charge < -0.3 is 11.1 Å². The van der Waals surface area contributed by atoms with E-state index in [4.69, 9.17) is 5.73 Å². The van der Waals surface area contributed by atoms with Gasteiger partial charge in [0.05, 0.1) is 12.1 Å². The third-order valence-electron chi connectivity index (χ3n) is 3.21. The van der Waals surface area contributed by atoms with E-state index in [-0.39, 0.29) is 12.1 Å². The summed E-state index contributed by atoms with van der Waals surface area (Å²) in [6.45, 7) is 0.0252. The predicted octanol–water partition coefficient (Wildman–Crippen LogP) is 2.59. The van der Waals surface area contributed by atoms with Crippen LogP contribution in [0.5, 0.6) is 0 Å². The summed E-state index contributed by atoms with van der Waals surface area (Å²) in [5, 5.41) is 2.49. The van der Waals surface area contributed by atoms with Crippen molar-refractivity contribution in [2.75, 3.05) is 6.54 Å². The Morgan fingerprint density at radius 3 is 2.04 bits per heavy atom. The predicted molar refractivity (Wildman–Crippen MR) is 85.6 cm³/mol. The van der Waals surface area contributed by atoms with E-state index in [1.165, 1.54) is 12.1 Å². The molecule has 0 aromatic heterocycles. The van der Waals surface area contributed by atoms with Gasteiger partial charge >= 0.3 is 6.18 Å². The van der Waals surface area contributed by atoms with Gasteiger partial charge in [-0.3, -0.25) is 9.59 Å². The minimum Gasteiger partial charge on any atom is -0.366 e. The van der Waals surface area contributed by atoms with Crippen molar-refractivity contribution in [2.24, 2.45) is 5.73 Å². The zero-order chi connectivity index (χ0) is 18.4. The molecule has 0 saturated carbocycles. The molecule has 128 valence electrons. The van der Waals surface area contributed by atoms with Gasteiger partial charge in [-0.15, -0.1) is 0 Å². The molecule has 0 heterocycles. The molecule has 4 nitrogen and oxygen atoms in total. The minimum atomic E-state index is -4.44. The molecule has 0 radical (unpaired) electrons. The lowest BCUT2D eigenvalue weighted by Crippen LogP contribution is -2.23. The molecular formula is C18H13F3N2O2. The molecule has 0 bridgehead atoms. The SMILES string of the molecule is NC(=O)c1ccc(C#CCNC(=O)c2ccc(C(F)(F)F)cc2)cc1. The van der Waals surface area contributed by atoms with Gasteiger partial charge in [-0.05, 0) is 48.5 Å². The average Bonchev–Trinajstić information content (AvgIpc) is 2.58. The van der Waals surface area contributed by atoms with E-state index in [0.717, 1.165) is 24.3 Å². The van der Waals surface area contributed by atoms with Crippen LogP contribution in [0.1, 0.15) is 31.8 Å². The summed E-state index contributed by atoms with van der Waals surface area (Å²) >= 11 is 0. The largest absolute Gasteiger partial charge is 0.416 e. The number of carbonyl (C=O) groups excluding carboxylic acids is 2. The van der Waals surface area contributed by atoms with Crippen LogP contribution in [-0.4, -0.2) is 18.4 Å². The van der Waals surface area contributed by atoms with Crippen LogP contribution in [0, 0.1) is 11.8 Å². The van der Waals surface area contributed by atoms with E-state index in [0.29, 0.717) is 11.1 Å². The number of hydrogen-bond acceptors (Lipinski definition) is 2. The van der Waals surface area contributed by atoms with Crippen LogP contribution in [0.25, 0.3) is 0 Å². The summed E-state index contributed by atoms with van der Waals surface area (Å²) in [6, 6.07) is 10.2. The Hall–Kier alpha value is -3.27. The van der Waals surface area contributed by atoms with Crippen molar-refractivity contribution in [3.63, 3.8) is 0 Å². The molecular weight excluding hydrogens is 333 g/mol. The number of rotatable bonds is 3. The number of nitrogens with two attached hydrogens (primary N) is 1. The van der Waals surface area contributed by atoms with Gasteiger partial charge in [-0.2, -0.15) is 13.2 Å². The summed E-state index contributed by atoms with van der Waals surface area (Å²) in [7, 11) is 0. The quantitative estimate of drug-likeness (QED) is 0.839. The third-order valence-corrected chi connectivity index (χ3v) is 3.21. The van der Waals surface area contributed by atoms with E-state index in [2.05, 4.69) is 17.2 Å². The van der Waals surface area contributed by atoms with Gasteiger partial charge in [-0.1, -0.05) is 11.8 Å². The highest BCUT2D eigenvalue weighted by Crippen LogP contribution is 2.28. The maximum atomic E-state index is 12.5. The summed E-state index contributed by atoms with van der Waals surface area (Å²) < 4.78 is 37.4. The molecule has 3 N–H and O–H groups in total. The Bertz CT molecular complexity index is 830. The zero-order valence-corrected chi connectivity index (χ0v) is 12.9. The highest BCUT2D eigenvalue weighted by molar-refractivity contribution is 5.94. The number of amides is 2.